The molecule has 1 aliphatic heterocycles. The molecule has 2 aromatic heterocycles. The van der Waals surface area contributed by atoms with Gasteiger partial charge in [-0.1, -0.05) is 30.8 Å². The van der Waals surface area contributed by atoms with Gasteiger partial charge >= 0.3 is 0 Å². The van der Waals surface area contributed by atoms with E-state index in [1.165, 1.54) is 12.1 Å². The first kappa shape index (κ1) is 36.0. The monoisotopic (exact) mass is 667 g/mol. The van der Waals surface area contributed by atoms with Gasteiger partial charge < -0.3 is 24.2 Å². The number of nitrogens with one attached hydrogen (secondary N) is 1. The van der Waals surface area contributed by atoms with Gasteiger partial charge in [-0.05, 0) is 57.6 Å². The average molecular weight is 668 g/mol. The molecule has 252 valence electrons. The number of likely N-dealkylation sites (tertiary alicyclic amines) is 1. The van der Waals surface area contributed by atoms with Crippen molar-refractivity contribution in [1.82, 2.24) is 25.3 Å². The SMILES string of the molecule is C#CC[C@@H]1C[C@@H](Oc2cc(O[C@@H](C)[C@@H](C)C[C@@H](F)CNC)nc(-c3cc(C(C)(C)c4c(F)cccc4P)on3)n2)CCN1C(=O)C=C. The summed E-state index contributed by atoms with van der Waals surface area (Å²) in [7, 11) is 4.28. The molecule has 0 spiro atoms. The van der Waals surface area contributed by atoms with E-state index in [0.29, 0.717) is 54.6 Å². The zero-order valence-electron chi connectivity index (χ0n) is 27.6. The lowest BCUT2D eigenvalue weighted by Crippen LogP contribution is -2.48. The second-order valence-electron chi connectivity index (χ2n) is 12.5. The summed E-state index contributed by atoms with van der Waals surface area (Å²) in [4.78, 5) is 23.4. The van der Waals surface area contributed by atoms with Crippen molar-refractivity contribution in [3.63, 3.8) is 0 Å². The van der Waals surface area contributed by atoms with Crippen LogP contribution in [-0.2, 0) is 10.2 Å². The van der Waals surface area contributed by atoms with Crippen molar-refractivity contribution in [3.05, 3.63) is 60.1 Å². The molecule has 6 atom stereocenters. The second kappa shape index (κ2) is 15.8. The Morgan fingerprint density at radius 2 is 2.06 bits per heavy atom. The Hall–Kier alpha value is -3.87. The zero-order chi connectivity index (χ0) is 34.3. The number of halogens is 2. The molecule has 3 aromatic rings. The Kier molecular flexibility index (Phi) is 12.1. The minimum absolute atomic E-state index is 0.126. The molecule has 0 aliphatic carbocycles. The van der Waals surface area contributed by atoms with Crippen LogP contribution in [0.15, 0.2) is 47.5 Å². The molecule has 1 unspecified atom stereocenters. The van der Waals surface area contributed by atoms with Crippen LogP contribution in [-0.4, -0.2) is 70.5 Å². The number of alkyl halides is 1. The molecule has 1 aromatic carbocycles. The number of ether oxygens (including phenoxy) is 2. The van der Waals surface area contributed by atoms with Gasteiger partial charge in [-0.3, -0.25) is 4.79 Å². The summed E-state index contributed by atoms with van der Waals surface area (Å²) in [5, 5.41) is 7.80. The molecular formula is C35H44F2N5O4P. The molecule has 47 heavy (non-hydrogen) atoms. The third kappa shape index (κ3) is 8.74. The number of hydrogen-bond acceptors (Lipinski definition) is 8. The number of benzene rings is 1. The Labute approximate surface area is 278 Å². The van der Waals surface area contributed by atoms with Crippen LogP contribution in [0.1, 0.15) is 64.7 Å². The topological polar surface area (TPSA) is 103 Å². The van der Waals surface area contributed by atoms with Crippen molar-refractivity contribution in [1.29, 1.82) is 0 Å². The van der Waals surface area contributed by atoms with E-state index in [9.17, 15) is 13.6 Å². The molecule has 0 saturated carbocycles. The molecule has 1 N–H and O–H groups in total. The van der Waals surface area contributed by atoms with Gasteiger partial charge in [-0.25, -0.2) is 8.78 Å². The van der Waals surface area contributed by atoms with Crippen LogP contribution in [0.2, 0.25) is 0 Å². The van der Waals surface area contributed by atoms with Crippen LogP contribution in [0.3, 0.4) is 0 Å². The summed E-state index contributed by atoms with van der Waals surface area (Å²) in [6, 6.07) is 7.93. The fourth-order valence-corrected chi connectivity index (χ4v) is 6.48. The number of rotatable bonds is 14. The van der Waals surface area contributed by atoms with Crippen molar-refractivity contribution in [2.45, 2.75) is 83.2 Å². The fraction of sp³-hybridized carbons (Fsp3) is 0.486. The van der Waals surface area contributed by atoms with Crippen LogP contribution in [0.5, 0.6) is 11.8 Å². The highest BCUT2D eigenvalue weighted by Crippen LogP contribution is 2.36. The summed E-state index contributed by atoms with van der Waals surface area (Å²) >= 11 is 0. The van der Waals surface area contributed by atoms with E-state index in [0.717, 1.165) is 0 Å². The molecule has 0 bridgehead atoms. The predicted molar refractivity (Wildman–Crippen MR) is 181 cm³/mol. The van der Waals surface area contributed by atoms with Crippen molar-refractivity contribution in [2.75, 3.05) is 20.1 Å². The van der Waals surface area contributed by atoms with Crippen LogP contribution in [0, 0.1) is 24.1 Å². The molecule has 9 nitrogen and oxygen atoms in total. The standard InChI is InChI=1S/C35H44F2N5O4P/c1-8-11-24-17-25(14-15-42(24)32(43)9-2)45-31-19-30(44-22(4)21(3)16-23(36)20-38-7)39-34(40-31)27-18-29(46-41-27)35(5,6)33-26(37)12-10-13-28(33)47/h1,9-10,12-13,18-19,21-25,38H,2,11,14-17,20,47H2,3-7H3/t21-,22-,23+,24+,25-/m0/s1. The van der Waals surface area contributed by atoms with E-state index < -0.39 is 11.6 Å². The number of piperidine rings is 1. The van der Waals surface area contributed by atoms with E-state index in [1.807, 2.05) is 33.8 Å². The smallest absolute Gasteiger partial charge is 0.246 e. The first-order valence-corrected chi connectivity index (χ1v) is 16.3. The molecular weight excluding hydrogens is 623 g/mol. The molecule has 1 saturated heterocycles. The molecule has 0 radical (unpaired) electrons. The van der Waals surface area contributed by atoms with Gasteiger partial charge in [0.1, 0.15) is 30.0 Å². The van der Waals surface area contributed by atoms with Gasteiger partial charge in [-0.15, -0.1) is 21.6 Å². The lowest BCUT2D eigenvalue weighted by Gasteiger charge is -2.38. The average Bonchev–Trinajstić information content (AvgIpc) is 3.53. The van der Waals surface area contributed by atoms with E-state index >= 15 is 0 Å². The largest absolute Gasteiger partial charge is 0.474 e. The van der Waals surface area contributed by atoms with Gasteiger partial charge in [0.25, 0.3) is 0 Å². The Morgan fingerprint density at radius 1 is 1.32 bits per heavy atom. The van der Waals surface area contributed by atoms with E-state index in [1.54, 1.807) is 30.1 Å². The van der Waals surface area contributed by atoms with Crippen LogP contribution in [0.25, 0.3) is 11.5 Å². The Balaban J connectivity index is 1.65. The molecule has 1 amide bonds. The molecule has 1 aliphatic rings. The summed E-state index contributed by atoms with van der Waals surface area (Å²) in [5.41, 5.74) is -0.102. The van der Waals surface area contributed by atoms with Gasteiger partial charge in [0, 0.05) is 50.0 Å². The highest BCUT2D eigenvalue weighted by atomic mass is 31.0. The normalized spacial score (nSPS) is 18.6. The van der Waals surface area contributed by atoms with Crippen molar-refractivity contribution in [2.24, 2.45) is 5.92 Å². The second-order valence-corrected chi connectivity index (χ2v) is 13.1. The van der Waals surface area contributed by atoms with Crippen molar-refractivity contribution >= 4 is 20.5 Å². The molecule has 4 rings (SSSR count). The Morgan fingerprint density at radius 3 is 2.74 bits per heavy atom. The Bertz CT molecular complexity index is 1570. The van der Waals surface area contributed by atoms with Crippen molar-refractivity contribution < 1.29 is 27.6 Å². The number of aromatic nitrogens is 3. The number of carbonyl (C=O) groups excluding carboxylic acids is 1. The number of nitrogens with zero attached hydrogens (tertiary/aromatic N) is 4. The lowest BCUT2D eigenvalue weighted by atomic mass is 9.81. The summed E-state index contributed by atoms with van der Waals surface area (Å²) in [5.74, 6) is 3.04. The zero-order valence-corrected chi connectivity index (χ0v) is 28.8. The number of amides is 1. The third-order valence-corrected chi connectivity index (χ3v) is 9.11. The first-order chi connectivity index (χ1) is 22.4. The number of carbonyl (C=O) groups is 1. The molecule has 12 heteroatoms. The molecule has 3 heterocycles. The molecule has 1 fully saturated rings. The van der Waals surface area contributed by atoms with Gasteiger partial charge in [0.15, 0.2) is 11.5 Å². The van der Waals surface area contributed by atoms with Crippen LogP contribution < -0.4 is 20.1 Å². The number of hydrogen-bond donors (Lipinski definition) is 1. The van der Waals surface area contributed by atoms with E-state index in [2.05, 4.69) is 42.2 Å². The summed E-state index contributed by atoms with van der Waals surface area (Å²) in [6.07, 6.45) is 6.92. The highest BCUT2D eigenvalue weighted by molar-refractivity contribution is 7.27. The van der Waals surface area contributed by atoms with Gasteiger partial charge in [0.2, 0.25) is 17.7 Å². The van der Waals surface area contributed by atoms with Gasteiger partial charge in [0.05, 0.1) is 11.5 Å². The van der Waals surface area contributed by atoms with E-state index in [4.69, 9.17) is 20.4 Å². The fourth-order valence-electron chi connectivity index (χ4n) is 5.87. The summed E-state index contributed by atoms with van der Waals surface area (Å²) in [6.45, 7) is 11.8. The summed E-state index contributed by atoms with van der Waals surface area (Å²) < 4.78 is 47.7. The third-order valence-electron chi connectivity index (χ3n) is 8.63. The number of terminal acetylenes is 1. The van der Waals surface area contributed by atoms with Crippen LogP contribution >= 0.6 is 9.24 Å². The van der Waals surface area contributed by atoms with Gasteiger partial charge in [-0.2, -0.15) is 9.97 Å². The van der Waals surface area contributed by atoms with E-state index in [-0.39, 0.29) is 60.0 Å². The lowest BCUT2D eigenvalue weighted by molar-refractivity contribution is -0.130. The first-order valence-electron chi connectivity index (χ1n) is 15.8. The van der Waals surface area contributed by atoms with Crippen LogP contribution in [0.4, 0.5) is 8.78 Å². The minimum atomic E-state index is -1.02. The quantitative estimate of drug-likeness (QED) is 0.139. The highest BCUT2D eigenvalue weighted by Gasteiger charge is 2.34. The predicted octanol–water partition coefficient (Wildman–Crippen LogP) is 5.40. The maximum Gasteiger partial charge on any atom is 0.246 e. The minimum Gasteiger partial charge on any atom is -0.474 e. The maximum atomic E-state index is 15.0. The van der Waals surface area contributed by atoms with Crippen molar-refractivity contribution in [3.8, 4) is 35.6 Å². The maximum absolute atomic E-state index is 15.0.